The lowest BCUT2D eigenvalue weighted by Crippen LogP contribution is -2.53. The number of anilines is 1. The molecule has 0 radical (unpaired) electrons. The average molecular weight is 570 g/mol. The van der Waals surface area contributed by atoms with E-state index in [1.807, 2.05) is 45.0 Å². The molecule has 0 fully saturated rings. The van der Waals surface area contributed by atoms with Gasteiger partial charge < -0.3 is 15.0 Å². The predicted molar refractivity (Wildman–Crippen MR) is 153 cm³/mol. The summed E-state index contributed by atoms with van der Waals surface area (Å²) in [6, 6.07) is 17.2. The van der Waals surface area contributed by atoms with Gasteiger partial charge in [-0.2, -0.15) is 0 Å². The summed E-state index contributed by atoms with van der Waals surface area (Å²) in [5.74, 6) is -0.981. The minimum absolute atomic E-state index is 0.0690. The molecule has 0 bridgehead atoms. The fourth-order valence-electron chi connectivity index (χ4n) is 4.28. The molecule has 3 aromatic carbocycles. The number of nitrogens with zero attached hydrogens (tertiary/aromatic N) is 2. The van der Waals surface area contributed by atoms with Crippen molar-refractivity contribution in [3.63, 3.8) is 0 Å². The number of carbonyl (C=O) groups excluding carboxylic acids is 2. The molecule has 0 heterocycles. The Kier molecular flexibility index (Phi) is 10.3. The number of ether oxygens (including phenoxy) is 1. The number of aryl methyl sites for hydroxylation is 1. The highest BCUT2D eigenvalue weighted by atomic mass is 32.2. The van der Waals surface area contributed by atoms with Crippen LogP contribution in [0.15, 0.2) is 77.7 Å². The summed E-state index contributed by atoms with van der Waals surface area (Å²) in [5, 5.41) is 2.87. The first-order chi connectivity index (χ1) is 19.0. The lowest BCUT2D eigenvalue weighted by atomic mass is 10.1. The summed E-state index contributed by atoms with van der Waals surface area (Å²) in [5.41, 5.74) is 1.87. The van der Waals surface area contributed by atoms with E-state index >= 15 is 0 Å². The Bertz CT molecular complexity index is 1410. The predicted octanol–water partition coefficient (Wildman–Crippen LogP) is 4.67. The number of nitrogens with one attached hydrogen (secondary N) is 1. The van der Waals surface area contributed by atoms with Gasteiger partial charge in [-0.05, 0) is 86.8 Å². The van der Waals surface area contributed by atoms with Gasteiger partial charge >= 0.3 is 0 Å². The van der Waals surface area contributed by atoms with Crippen LogP contribution in [-0.4, -0.2) is 50.9 Å². The van der Waals surface area contributed by atoms with Gasteiger partial charge in [0.25, 0.3) is 10.0 Å². The van der Waals surface area contributed by atoms with E-state index < -0.39 is 34.3 Å². The van der Waals surface area contributed by atoms with Crippen LogP contribution in [0.25, 0.3) is 0 Å². The first kappa shape index (κ1) is 30.6. The highest BCUT2D eigenvalue weighted by Gasteiger charge is 2.34. The Morgan fingerprint density at radius 2 is 1.60 bits per heavy atom. The number of carbonyl (C=O) groups is 2. The number of halogens is 1. The molecule has 1 N–H and O–H groups in total. The molecule has 3 aromatic rings. The minimum Gasteiger partial charge on any atom is -0.497 e. The number of sulfonamides is 1. The van der Waals surface area contributed by atoms with E-state index in [2.05, 4.69) is 5.32 Å². The Morgan fingerprint density at radius 1 is 0.975 bits per heavy atom. The van der Waals surface area contributed by atoms with Gasteiger partial charge in [-0.1, -0.05) is 31.2 Å². The molecule has 0 aliphatic carbocycles. The van der Waals surface area contributed by atoms with Gasteiger partial charge in [-0.3, -0.25) is 13.9 Å². The van der Waals surface area contributed by atoms with Crippen LogP contribution in [0.2, 0.25) is 0 Å². The third-order valence-corrected chi connectivity index (χ3v) is 8.25. The van der Waals surface area contributed by atoms with Crippen LogP contribution >= 0.6 is 0 Å². The number of benzene rings is 3. The molecule has 2 amide bonds. The normalized spacial score (nSPS) is 12.1. The zero-order valence-electron chi connectivity index (χ0n) is 23.4. The van der Waals surface area contributed by atoms with Crippen LogP contribution in [0.4, 0.5) is 10.1 Å². The van der Waals surface area contributed by atoms with E-state index in [1.54, 1.807) is 6.92 Å². The van der Waals surface area contributed by atoms with E-state index in [-0.39, 0.29) is 29.1 Å². The lowest BCUT2D eigenvalue weighted by Gasteiger charge is -2.34. The van der Waals surface area contributed by atoms with Crippen LogP contribution in [0, 0.1) is 12.7 Å². The number of amides is 2. The molecule has 214 valence electrons. The van der Waals surface area contributed by atoms with Gasteiger partial charge in [0.1, 0.15) is 24.2 Å². The molecular weight excluding hydrogens is 533 g/mol. The second kappa shape index (κ2) is 13.4. The average Bonchev–Trinajstić information content (AvgIpc) is 2.92. The smallest absolute Gasteiger partial charge is 0.264 e. The van der Waals surface area contributed by atoms with Gasteiger partial charge in [0.05, 0.1) is 17.7 Å². The van der Waals surface area contributed by atoms with Crippen molar-refractivity contribution < 1.29 is 27.1 Å². The molecular formula is C30H36FN3O5S. The van der Waals surface area contributed by atoms with Gasteiger partial charge in [0.2, 0.25) is 11.8 Å². The number of methoxy groups -OCH3 is 1. The van der Waals surface area contributed by atoms with E-state index in [9.17, 15) is 22.4 Å². The summed E-state index contributed by atoms with van der Waals surface area (Å²) in [6.45, 7) is 6.87. The van der Waals surface area contributed by atoms with Crippen molar-refractivity contribution in [1.29, 1.82) is 0 Å². The third-order valence-electron chi connectivity index (χ3n) is 6.46. The van der Waals surface area contributed by atoms with Gasteiger partial charge in [0.15, 0.2) is 0 Å². The van der Waals surface area contributed by atoms with Crippen molar-refractivity contribution >= 4 is 27.5 Å². The maximum absolute atomic E-state index is 14.0. The zero-order valence-corrected chi connectivity index (χ0v) is 24.2. The first-order valence-electron chi connectivity index (χ1n) is 13.0. The second-order valence-corrected chi connectivity index (χ2v) is 11.6. The number of rotatable bonds is 12. The van der Waals surface area contributed by atoms with Crippen molar-refractivity contribution in [3.05, 3.63) is 89.7 Å². The molecule has 0 unspecified atom stereocenters. The van der Waals surface area contributed by atoms with Gasteiger partial charge in [-0.15, -0.1) is 0 Å². The summed E-state index contributed by atoms with van der Waals surface area (Å²) >= 11 is 0. The van der Waals surface area contributed by atoms with E-state index in [1.165, 1.54) is 48.4 Å². The van der Waals surface area contributed by atoms with Crippen LogP contribution in [0.5, 0.6) is 5.75 Å². The Morgan fingerprint density at radius 3 is 2.15 bits per heavy atom. The summed E-state index contributed by atoms with van der Waals surface area (Å²) < 4.78 is 47.5. The summed E-state index contributed by atoms with van der Waals surface area (Å²) in [7, 11) is -2.80. The van der Waals surface area contributed by atoms with Crippen molar-refractivity contribution in [1.82, 2.24) is 10.2 Å². The molecule has 0 saturated carbocycles. The van der Waals surface area contributed by atoms with Crippen molar-refractivity contribution in [2.24, 2.45) is 0 Å². The Labute approximate surface area is 235 Å². The lowest BCUT2D eigenvalue weighted by molar-refractivity contribution is -0.140. The maximum atomic E-state index is 14.0. The second-order valence-electron chi connectivity index (χ2n) is 9.70. The Hall–Kier alpha value is -3.92. The van der Waals surface area contributed by atoms with Gasteiger partial charge in [0, 0.05) is 12.6 Å². The first-order valence-corrected chi connectivity index (χ1v) is 14.5. The monoisotopic (exact) mass is 569 g/mol. The molecule has 0 aliphatic rings. The molecule has 3 rings (SSSR count). The van der Waals surface area contributed by atoms with E-state index in [4.69, 9.17) is 4.74 Å². The summed E-state index contributed by atoms with van der Waals surface area (Å²) in [4.78, 5) is 28.6. The van der Waals surface area contributed by atoms with Crippen molar-refractivity contribution in [2.45, 2.75) is 57.6 Å². The van der Waals surface area contributed by atoms with Crippen molar-refractivity contribution in [2.75, 3.05) is 18.0 Å². The van der Waals surface area contributed by atoms with Crippen LogP contribution < -0.4 is 14.4 Å². The topological polar surface area (TPSA) is 96.0 Å². The SMILES string of the molecule is CC[C@@H](C(=O)NC(C)C)N(Cc1ccccc1C)C(=O)CN(c1ccc(F)cc1)S(=O)(=O)c1ccc(OC)cc1. The molecule has 8 nitrogen and oxygen atoms in total. The largest absolute Gasteiger partial charge is 0.497 e. The molecule has 40 heavy (non-hydrogen) atoms. The maximum Gasteiger partial charge on any atom is 0.264 e. The third kappa shape index (κ3) is 7.38. The van der Waals surface area contributed by atoms with E-state index in [0.29, 0.717) is 12.2 Å². The molecule has 0 aliphatic heterocycles. The highest BCUT2D eigenvalue weighted by molar-refractivity contribution is 7.92. The van der Waals surface area contributed by atoms with Crippen molar-refractivity contribution in [3.8, 4) is 5.75 Å². The fraction of sp³-hybridized carbons (Fsp3) is 0.333. The van der Waals surface area contributed by atoms with Gasteiger partial charge in [-0.25, -0.2) is 12.8 Å². The number of hydrogen-bond acceptors (Lipinski definition) is 5. The molecule has 10 heteroatoms. The van der Waals surface area contributed by atoms with Crippen LogP contribution in [-0.2, 0) is 26.2 Å². The molecule has 0 saturated heterocycles. The standard InChI is InChI=1S/C30H36FN3O5S/c1-6-28(30(36)32-21(2)3)33(19-23-10-8-7-9-22(23)4)29(35)20-34(25-13-11-24(31)12-14-25)40(37,38)27-17-15-26(39-5)16-18-27/h7-18,21,28H,6,19-20H2,1-5H3,(H,32,36)/t28-/m0/s1. The Balaban J connectivity index is 2.07. The molecule has 0 spiro atoms. The quantitative estimate of drug-likeness (QED) is 0.342. The number of hydrogen-bond donors (Lipinski definition) is 1. The summed E-state index contributed by atoms with van der Waals surface area (Å²) in [6.07, 6.45) is 0.317. The zero-order chi connectivity index (χ0) is 29.4. The van der Waals surface area contributed by atoms with Crippen LogP contribution in [0.1, 0.15) is 38.3 Å². The van der Waals surface area contributed by atoms with Crippen LogP contribution in [0.3, 0.4) is 0 Å². The minimum atomic E-state index is -4.27. The molecule has 1 atom stereocenters. The highest BCUT2D eigenvalue weighted by Crippen LogP contribution is 2.26. The van der Waals surface area contributed by atoms with E-state index in [0.717, 1.165) is 27.6 Å². The fourth-order valence-corrected chi connectivity index (χ4v) is 5.70. The molecule has 0 aromatic heterocycles.